The molecular weight excluding hydrogens is 244 g/mol. The van der Waals surface area contributed by atoms with Gasteiger partial charge >= 0.3 is 0 Å². The van der Waals surface area contributed by atoms with Crippen molar-refractivity contribution in [1.82, 2.24) is 19.6 Å². The van der Waals surface area contributed by atoms with Crippen LogP contribution in [0, 0.1) is 6.92 Å². The first kappa shape index (κ1) is 10.2. The van der Waals surface area contributed by atoms with Crippen LogP contribution in [0.15, 0.2) is 17.8 Å². The fourth-order valence-electron chi connectivity index (χ4n) is 2.54. The van der Waals surface area contributed by atoms with Crippen molar-refractivity contribution in [3.63, 3.8) is 0 Å². The molecule has 18 heavy (non-hydrogen) atoms. The summed E-state index contributed by atoms with van der Waals surface area (Å²) in [6.07, 6.45) is 5.13. The molecule has 0 spiro atoms. The smallest absolute Gasteiger partial charge is 0.192 e. The van der Waals surface area contributed by atoms with Crippen LogP contribution in [-0.4, -0.2) is 19.6 Å². The van der Waals surface area contributed by atoms with Gasteiger partial charge in [0.1, 0.15) is 6.33 Å². The maximum Gasteiger partial charge on any atom is 0.192 e. The van der Waals surface area contributed by atoms with Gasteiger partial charge in [-0.25, -0.2) is 14.5 Å². The zero-order valence-corrected chi connectivity index (χ0v) is 10.9. The molecular formula is C13H12N4S. The Morgan fingerprint density at radius 1 is 1.33 bits per heavy atom. The lowest BCUT2D eigenvalue weighted by atomic mass is 10.2. The number of aryl methyl sites for hydroxylation is 3. The lowest BCUT2D eigenvalue weighted by molar-refractivity contribution is 0.888. The van der Waals surface area contributed by atoms with Gasteiger partial charge in [-0.2, -0.15) is 0 Å². The second-order valence-corrected chi connectivity index (χ2v) is 5.58. The van der Waals surface area contributed by atoms with Crippen molar-refractivity contribution in [2.45, 2.75) is 26.2 Å². The summed E-state index contributed by atoms with van der Waals surface area (Å²) in [4.78, 5) is 10.3. The van der Waals surface area contributed by atoms with E-state index in [9.17, 15) is 0 Å². The summed E-state index contributed by atoms with van der Waals surface area (Å²) >= 11 is 1.69. The summed E-state index contributed by atoms with van der Waals surface area (Å²) < 4.78 is 1.82. The highest BCUT2D eigenvalue weighted by Crippen LogP contribution is 2.29. The summed E-state index contributed by atoms with van der Waals surface area (Å²) in [5.41, 5.74) is 4.70. The molecule has 0 unspecified atom stereocenters. The number of hydrogen-bond donors (Lipinski definition) is 0. The summed E-state index contributed by atoms with van der Waals surface area (Å²) in [6, 6.07) is 2.11. The Morgan fingerprint density at radius 2 is 2.28 bits per heavy atom. The molecule has 0 aliphatic heterocycles. The van der Waals surface area contributed by atoms with Gasteiger partial charge in [0.05, 0.1) is 4.88 Å². The van der Waals surface area contributed by atoms with E-state index in [4.69, 9.17) is 4.98 Å². The van der Waals surface area contributed by atoms with Crippen molar-refractivity contribution in [3.05, 3.63) is 34.6 Å². The third-order valence-corrected chi connectivity index (χ3v) is 4.49. The summed E-state index contributed by atoms with van der Waals surface area (Å²) in [5.74, 6) is 0.824. The van der Waals surface area contributed by atoms with Crippen molar-refractivity contribution < 1.29 is 0 Å². The zero-order valence-electron chi connectivity index (χ0n) is 10.1. The van der Waals surface area contributed by atoms with Gasteiger partial charge in [-0.15, -0.1) is 16.4 Å². The third-order valence-electron chi connectivity index (χ3n) is 3.48. The number of nitrogens with zero attached hydrogens (tertiary/aromatic N) is 4. The maximum atomic E-state index is 4.71. The van der Waals surface area contributed by atoms with E-state index in [-0.39, 0.29) is 0 Å². The van der Waals surface area contributed by atoms with Crippen LogP contribution in [0.4, 0.5) is 0 Å². The first-order valence-electron chi connectivity index (χ1n) is 6.10. The van der Waals surface area contributed by atoms with Crippen LogP contribution in [0.25, 0.3) is 16.3 Å². The predicted molar refractivity (Wildman–Crippen MR) is 70.9 cm³/mol. The Labute approximate surface area is 108 Å². The van der Waals surface area contributed by atoms with Crippen molar-refractivity contribution in [3.8, 4) is 10.7 Å². The third kappa shape index (κ3) is 1.34. The zero-order chi connectivity index (χ0) is 12.1. The number of fused-ring (bicyclic) bond motifs is 3. The van der Waals surface area contributed by atoms with E-state index in [0.29, 0.717) is 0 Å². The molecule has 1 aliphatic rings. The van der Waals surface area contributed by atoms with Crippen LogP contribution in [0.5, 0.6) is 0 Å². The minimum atomic E-state index is 0.824. The Hall–Kier alpha value is -1.75. The predicted octanol–water partition coefficient (Wildman–Crippen LogP) is 2.65. The van der Waals surface area contributed by atoms with Crippen LogP contribution < -0.4 is 0 Å². The van der Waals surface area contributed by atoms with Crippen molar-refractivity contribution in [2.75, 3.05) is 0 Å². The highest BCUT2D eigenvalue weighted by atomic mass is 32.1. The minimum absolute atomic E-state index is 0.824. The van der Waals surface area contributed by atoms with Crippen LogP contribution in [0.3, 0.4) is 0 Å². The van der Waals surface area contributed by atoms with Crippen LogP contribution >= 0.6 is 11.3 Å². The van der Waals surface area contributed by atoms with E-state index in [1.165, 1.54) is 23.2 Å². The van der Waals surface area contributed by atoms with Gasteiger partial charge in [-0.1, -0.05) is 0 Å². The Kier molecular flexibility index (Phi) is 2.05. The Bertz CT molecular complexity index is 741. The summed E-state index contributed by atoms with van der Waals surface area (Å²) in [6.45, 7) is 2.10. The molecule has 0 bridgehead atoms. The fraction of sp³-hybridized carbons (Fsp3) is 0.308. The van der Waals surface area contributed by atoms with Gasteiger partial charge in [0, 0.05) is 11.3 Å². The normalized spacial score (nSPS) is 14.3. The number of aromatic nitrogens is 4. The highest BCUT2D eigenvalue weighted by molar-refractivity contribution is 7.13. The van der Waals surface area contributed by atoms with Crippen LogP contribution in [0.1, 0.15) is 23.2 Å². The topological polar surface area (TPSA) is 43.1 Å². The van der Waals surface area contributed by atoms with E-state index < -0.39 is 0 Å². The lowest BCUT2D eigenvalue weighted by Crippen LogP contribution is -1.96. The standard InChI is InChI=1S/C13H12N4S/c1-8-5-6-18-11(8)12-15-13-9-3-2-4-10(9)14-7-17(13)16-12/h5-7H,2-4H2,1H3. The van der Waals surface area contributed by atoms with Gasteiger partial charge in [0.2, 0.25) is 0 Å². The number of hydrogen-bond acceptors (Lipinski definition) is 4. The van der Waals surface area contributed by atoms with Crippen LogP contribution in [-0.2, 0) is 12.8 Å². The van der Waals surface area contributed by atoms with Gasteiger partial charge in [0.15, 0.2) is 11.5 Å². The SMILES string of the molecule is Cc1ccsc1-c1nc2c3c(ncn2n1)CCC3. The van der Waals surface area contributed by atoms with Gasteiger partial charge in [-0.05, 0) is 43.2 Å². The number of rotatable bonds is 1. The Morgan fingerprint density at radius 3 is 3.11 bits per heavy atom. The first-order valence-corrected chi connectivity index (χ1v) is 6.98. The average molecular weight is 256 g/mol. The second kappa shape index (κ2) is 3.62. The average Bonchev–Trinajstić information content (AvgIpc) is 3.04. The van der Waals surface area contributed by atoms with Gasteiger partial charge in [0.25, 0.3) is 0 Å². The molecule has 3 aromatic rings. The van der Waals surface area contributed by atoms with E-state index >= 15 is 0 Å². The minimum Gasteiger partial charge on any atom is -0.241 e. The van der Waals surface area contributed by atoms with Gasteiger partial charge < -0.3 is 0 Å². The van der Waals surface area contributed by atoms with Gasteiger partial charge in [-0.3, -0.25) is 0 Å². The molecule has 0 aromatic carbocycles. The first-order chi connectivity index (χ1) is 8.83. The lowest BCUT2D eigenvalue weighted by Gasteiger charge is -1.97. The molecule has 0 fully saturated rings. The monoisotopic (exact) mass is 256 g/mol. The Balaban J connectivity index is 1.98. The molecule has 0 saturated carbocycles. The van der Waals surface area contributed by atoms with E-state index in [0.717, 1.165) is 29.2 Å². The largest absolute Gasteiger partial charge is 0.241 e. The molecule has 0 radical (unpaired) electrons. The highest BCUT2D eigenvalue weighted by Gasteiger charge is 2.19. The molecule has 0 atom stereocenters. The molecule has 3 aromatic heterocycles. The molecule has 0 saturated heterocycles. The van der Waals surface area contributed by atoms with Crippen molar-refractivity contribution >= 4 is 17.0 Å². The van der Waals surface area contributed by atoms with E-state index in [2.05, 4.69) is 28.5 Å². The molecule has 4 rings (SSSR count). The molecule has 3 heterocycles. The second-order valence-electron chi connectivity index (χ2n) is 4.66. The summed E-state index contributed by atoms with van der Waals surface area (Å²) in [5, 5.41) is 6.63. The van der Waals surface area contributed by atoms with Crippen molar-refractivity contribution in [1.29, 1.82) is 0 Å². The molecule has 1 aliphatic carbocycles. The van der Waals surface area contributed by atoms with E-state index in [1.807, 2.05) is 4.52 Å². The fourth-order valence-corrected chi connectivity index (χ4v) is 3.40. The number of thiophene rings is 1. The van der Waals surface area contributed by atoms with Crippen molar-refractivity contribution in [2.24, 2.45) is 0 Å². The molecule has 0 N–H and O–H groups in total. The molecule has 4 nitrogen and oxygen atoms in total. The molecule has 90 valence electrons. The van der Waals surface area contributed by atoms with Crippen LogP contribution in [0.2, 0.25) is 0 Å². The maximum absolute atomic E-state index is 4.71. The quantitative estimate of drug-likeness (QED) is 0.672. The van der Waals surface area contributed by atoms with E-state index in [1.54, 1.807) is 17.7 Å². The summed E-state index contributed by atoms with van der Waals surface area (Å²) in [7, 11) is 0. The molecule has 0 amide bonds. The molecule has 5 heteroatoms.